The molecule has 0 aliphatic carbocycles. The second-order valence-electron chi connectivity index (χ2n) is 6.21. The van der Waals surface area contributed by atoms with Crippen molar-refractivity contribution in [3.8, 4) is 5.75 Å². The number of carbonyl (C=O) groups excluding carboxylic acids is 1. The Balaban J connectivity index is 0.00000364. The van der Waals surface area contributed by atoms with Crippen LogP contribution in [-0.2, 0) is 24.3 Å². The minimum atomic E-state index is -3.63. The van der Waals surface area contributed by atoms with Gasteiger partial charge >= 0.3 is 5.97 Å². The molecular formula is C17H27ClN2O6S. The van der Waals surface area contributed by atoms with Crippen molar-refractivity contribution in [2.75, 3.05) is 40.5 Å². The maximum absolute atomic E-state index is 12.5. The number of methoxy groups -OCH3 is 2. The third-order valence-electron chi connectivity index (χ3n) is 4.29. The predicted octanol–water partition coefficient (Wildman–Crippen LogP) is 1.10. The van der Waals surface area contributed by atoms with E-state index in [0.29, 0.717) is 12.4 Å². The molecule has 1 aromatic rings. The lowest BCUT2D eigenvalue weighted by Crippen LogP contribution is -2.52. The largest absolute Gasteiger partial charge is 0.493 e. The Morgan fingerprint density at radius 3 is 2.52 bits per heavy atom. The third-order valence-corrected chi connectivity index (χ3v) is 5.71. The lowest BCUT2D eigenvalue weighted by Gasteiger charge is -2.28. The van der Waals surface area contributed by atoms with Crippen LogP contribution in [0.15, 0.2) is 29.2 Å². The van der Waals surface area contributed by atoms with E-state index in [2.05, 4.69) is 14.8 Å². The van der Waals surface area contributed by atoms with Gasteiger partial charge in [0.05, 0.1) is 37.2 Å². The van der Waals surface area contributed by atoms with E-state index in [9.17, 15) is 13.2 Å². The van der Waals surface area contributed by atoms with Crippen LogP contribution in [0.5, 0.6) is 5.75 Å². The first-order valence-corrected chi connectivity index (χ1v) is 9.92. The SMILES string of the molecule is COCC1(CNS(=O)(=O)c2ccc(OCCC(=O)OC)cc2)CCCN1.Cl. The fourth-order valence-electron chi connectivity index (χ4n) is 2.86. The second kappa shape index (κ2) is 10.8. The Hall–Kier alpha value is -1.39. The number of esters is 1. The van der Waals surface area contributed by atoms with Gasteiger partial charge in [-0.2, -0.15) is 0 Å². The fourth-order valence-corrected chi connectivity index (χ4v) is 3.98. The van der Waals surface area contributed by atoms with Crippen LogP contribution in [0, 0.1) is 0 Å². The third kappa shape index (κ3) is 6.93. The number of ether oxygens (including phenoxy) is 3. The van der Waals surface area contributed by atoms with Gasteiger partial charge < -0.3 is 19.5 Å². The zero-order chi connectivity index (χ0) is 19.0. The molecule has 2 rings (SSSR count). The number of hydrogen-bond donors (Lipinski definition) is 2. The molecule has 0 spiro atoms. The van der Waals surface area contributed by atoms with E-state index >= 15 is 0 Å². The van der Waals surface area contributed by atoms with Gasteiger partial charge in [0.1, 0.15) is 5.75 Å². The number of nitrogens with one attached hydrogen (secondary N) is 2. The lowest BCUT2D eigenvalue weighted by atomic mass is 9.99. The number of sulfonamides is 1. The number of hydrogen-bond acceptors (Lipinski definition) is 7. The highest BCUT2D eigenvalue weighted by atomic mass is 35.5. The van der Waals surface area contributed by atoms with Gasteiger partial charge in [-0.05, 0) is 43.7 Å². The maximum Gasteiger partial charge on any atom is 0.308 e. The molecule has 154 valence electrons. The van der Waals surface area contributed by atoms with E-state index in [1.54, 1.807) is 19.2 Å². The Labute approximate surface area is 166 Å². The first-order valence-electron chi connectivity index (χ1n) is 8.44. The van der Waals surface area contributed by atoms with Crippen molar-refractivity contribution < 1.29 is 27.4 Å². The molecule has 1 fully saturated rings. The molecule has 0 amide bonds. The van der Waals surface area contributed by atoms with Crippen LogP contribution in [0.2, 0.25) is 0 Å². The van der Waals surface area contributed by atoms with E-state index in [-0.39, 0.29) is 48.4 Å². The Kier molecular flexibility index (Phi) is 9.48. The summed E-state index contributed by atoms with van der Waals surface area (Å²) in [6.45, 7) is 1.73. The van der Waals surface area contributed by atoms with E-state index < -0.39 is 10.0 Å². The van der Waals surface area contributed by atoms with Gasteiger partial charge in [-0.1, -0.05) is 0 Å². The molecule has 0 aromatic heterocycles. The molecule has 27 heavy (non-hydrogen) atoms. The van der Waals surface area contributed by atoms with Gasteiger partial charge in [-0.3, -0.25) is 4.79 Å². The molecular weight excluding hydrogens is 396 g/mol. The van der Waals surface area contributed by atoms with Crippen molar-refractivity contribution in [3.05, 3.63) is 24.3 Å². The van der Waals surface area contributed by atoms with E-state index in [1.807, 2.05) is 0 Å². The molecule has 0 saturated carbocycles. The van der Waals surface area contributed by atoms with Gasteiger partial charge in [0.2, 0.25) is 10.0 Å². The monoisotopic (exact) mass is 422 g/mol. The van der Waals surface area contributed by atoms with Gasteiger partial charge in [0.25, 0.3) is 0 Å². The summed E-state index contributed by atoms with van der Waals surface area (Å²) < 4.78 is 42.8. The molecule has 2 N–H and O–H groups in total. The molecule has 0 radical (unpaired) electrons. The predicted molar refractivity (Wildman–Crippen MR) is 103 cm³/mol. The summed E-state index contributed by atoms with van der Waals surface area (Å²) in [6, 6.07) is 6.07. The van der Waals surface area contributed by atoms with Crippen LogP contribution in [-0.4, -0.2) is 60.4 Å². The Morgan fingerprint density at radius 1 is 1.26 bits per heavy atom. The summed E-state index contributed by atoms with van der Waals surface area (Å²) in [4.78, 5) is 11.2. The topological polar surface area (TPSA) is 103 Å². The fraction of sp³-hybridized carbons (Fsp3) is 0.588. The smallest absolute Gasteiger partial charge is 0.308 e. The highest BCUT2D eigenvalue weighted by Crippen LogP contribution is 2.21. The summed E-state index contributed by atoms with van der Waals surface area (Å²) in [5.74, 6) is 0.125. The van der Waals surface area contributed by atoms with Crippen molar-refractivity contribution in [2.24, 2.45) is 0 Å². The second-order valence-corrected chi connectivity index (χ2v) is 7.98. The Morgan fingerprint density at radius 2 is 1.96 bits per heavy atom. The minimum Gasteiger partial charge on any atom is -0.493 e. The van der Waals surface area contributed by atoms with Crippen LogP contribution in [0.3, 0.4) is 0 Å². The zero-order valence-corrected chi connectivity index (χ0v) is 17.2. The van der Waals surface area contributed by atoms with E-state index in [4.69, 9.17) is 9.47 Å². The first-order chi connectivity index (χ1) is 12.4. The molecule has 1 heterocycles. The van der Waals surface area contributed by atoms with Crippen LogP contribution in [0.1, 0.15) is 19.3 Å². The van der Waals surface area contributed by atoms with Crippen molar-refractivity contribution in [3.63, 3.8) is 0 Å². The number of rotatable bonds is 10. The van der Waals surface area contributed by atoms with Crippen molar-refractivity contribution in [1.82, 2.24) is 10.0 Å². The summed E-state index contributed by atoms with van der Waals surface area (Å²) in [5, 5.41) is 3.33. The van der Waals surface area contributed by atoms with Crippen molar-refractivity contribution in [1.29, 1.82) is 0 Å². The van der Waals surface area contributed by atoms with E-state index in [1.165, 1.54) is 19.2 Å². The quantitative estimate of drug-likeness (QED) is 0.544. The highest BCUT2D eigenvalue weighted by molar-refractivity contribution is 7.89. The van der Waals surface area contributed by atoms with Crippen LogP contribution < -0.4 is 14.8 Å². The van der Waals surface area contributed by atoms with Crippen molar-refractivity contribution in [2.45, 2.75) is 29.7 Å². The molecule has 1 aliphatic rings. The summed E-state index contributed by atoms with van der Waals surface area (Å²) in [5.41, 5.74) is -0.362. The summed E-state index contributed by atoms with van der Waals surface area (Å²) >= 11 is 0. The molecule has 8 nitrogen and oxygen atoms in total. The molecule has 0 bridgehead atoms. The number of halogens is 1. The molecule has 1 aliphatic heterocycles. The van der Waals surface area contributed by atoms with Crippen LogP contribution in [0.4, 0.5) is 0 Å². The molecule has 1 aromatic carbocycles. The van der Waals surface area contributed by atoms with Crippen LogP contribution in [0.25, 0.3) is 0 Å². The van der Waals surface area contributed by atoms with Crippen molar-refractivity contribution >= 4 is 28.4 Å². The highest BCUT2D eigenvalue weighted by Gasteiger charge is 2.34. The van der Waals surface area contributed by atoms with E-state index in [0.717, 1.165) is 19.4 Å². The molecule has 1 unspecified atom stereocenters. The normalized spacial score (nSPS) is 19.3. The number of benzene rings is 1. The molecule has 1 saturated heterocycles. The average molecular weight is 423 g/mol. The van der Waals surface area contributed by atoms with Gasteiger partial charge in [0, 0.05) is 13.7 Å². The summed E-state index contributed by atoms with van der Waals surface area (Å²) in [6.07, 6.45) is 1.98. The first kappa shape index (κ1) is 23.6. The zero-order valence-electron chi connectivity index (χ0n) is 15.5. The average Bonchev–Trinajstić information content (AvgIpc) is 3.10. The van der Waals surface area contributed by atoms with Gasteiger partial charge in [-0.25, -0.2) is 13.1 Å². The number of carbonyl (C=O) groups is 1. The van der Waals surface area contributed by atoms with Gasteiger partial charge in [-0.15, -0.1) is 12.4 Å². The standard InChI is InChI=1S/C17H26N2O6S.ClH/c1-23-13-17(9-3-10-18-17)12-19-26(21,22)15-6-4-14(5-7-15)25-11-8-16(20)24-2;/h4-7,18-19H,3,8-13H2,1-2H3;1H. The molecule has 10 heteroatoms. The summed E-state index contributed by atoms with van der Waals surface area (Å²) in [7, 11) is -0.715. The molecule has 1 atom stereocenters. The minimum absolute atomic E-state index is 0. The van der Waals surface area contributed by atoms with Crippen LogP contribution >= 0.6 is 12.4 Å². The maximum atomic E-state index is 12.5. The lowest BCUT2D eigenvalue weighted by molar-refractivity contribution is -0.141. The Bertz CT molecular complexity index is 690. The van der Waals surface area contributed by atoms with Gasteiger partial charge in [0.15, 0.2) is 0 Å².